The summed E-state index contributed by atoms with van der Waals surface area (Å²) < 4.78 is 72.6. The summed E-state index contributed by atoms with van der Waals surface area (Å²) in [6, 6.07) is 4.86. The van der Waals surface area contributed by atoms with E-state index in [0.29, 0.717) is 30.5 Å². The van der Waals surface area contributed by atoms with Crippen LogP contribution >= 0.6 is 11.6 Å². The number of amides is 1. The zero-order valence-electron chi connectivity index (χ0n) is 19.8. The van der Waals surface area contributed by atoms with Crippen LogP contribution in [0.5, 0.6) is 0 Å². The van der Waals surface area contributed by atoms with Gasteiger partial charge in [0.1, 0.15) is 6.61 Å². The predicted molar refractivity (Wildman–Crippen MR) is 129 cm³/mol. The fraction of sp³-hybridized carbons (Fsp3) is 0.360. The third kappa shape index (κ3) is 6.10. The summed E-state index contributed by atoms with van der Waals surface area (Å²) in [6.07, 6.45) is 3.03. The van der Waals surface area contributed by atoms with Crippen LogP contribution in [0.2, 0.25) is 5.02 Å². The number of hydrogen-bond donors (Lipinski definition) is 1. The number of esters is 1. The van der Waals surface area contributed by atoms with Crippen molar-refractivity contribution >= 4 is 39.0 Å². The molecule has 0 radical (unpaired) electrons. The number of carbonyl (C=O) groups excluding carboxylic acids is 2. The number of sulfone groups is 1. The highest BCUT2D eigenvalue weighted by atomic mass is 35.5. The van der Waals surface area contributed by atoms with E-state index in [2.05, 4.69) is 5.32 Å². The van der Waals surface area contributed by atoms with Crippen molar-refractivity contribution < 1.29 is 35.9 Å². The van der Waals surface area contributed by atoms with Crippen molar-refractivity contribution in [2.75, 3.05) is 11.9 Å². The fourth-order valence-electron chi connectivity index (χ4n) is 4.39. The smallest absolute Gasteiger partial charge is 0.302 e. The van der Waals surface area contributed by atoms with Gasteiger partial charge in [-0.2, -0.15) is 0 Å². The number of halogens is 4. The van der Waals surface area contributed by atoms with Crippen LogP contribution in [0.4, 0.5) is 18.9 Å². The van der Waals surface area contributed by atoms with Gasteiger partial charge in [-0.3, -0.25) is 9.59 Å². The maximum absolute atomic E-state index is 13.7. The summed E-state index contributed by atoms with van der Waals surface area (Å²) >= 11 is 6.24. The highest BCUT2D eigenvalue weighted by Gasteiger charge is 2.43. The molecular formula is C25H25ClF3NO5S. The summed E-state index contributed by atoms with van der Waals surface area (Å²) in [5.74, 6) is -6.52. The normalized spacial score (nSPS) is 20.3. The third-order valence-corrected chi connectivity index (χ3v) is 8.96. The van der Waals surface area contributed by atoms with Gasteiger partial charge in [0.25, 0.3) is 5.91 Å². The lowest BCUT2D eigenvalue weighted by molar-refractivity contribution is -0.139. The predicted octanol–water partition coefficient (Wildman–Crippen LogP) is 5.71. The lowest BCUT2D eigenvalue weighted by Crippen LogP contribution is -2.30. The Bertz CT molecular complexity index is 1310. The molecule has 0 spiro atoms. The number of carbonyl (C=O) groups is 2. The molecule has 0 saturated heterocycles. The van der Waals surface area contributed by atoms with E-state index in [1.54, 1.807) is 13.0 Å². The number of nitrogens with one attached hydrogen (secondary N) is 1. The zero-order valence-corrected chi connectivity index (χ0v) is 21.4. The second kappa shape index (κ2) is 11.0. The maximum Gasteiger partial charge on any atom is 0.302 e. The number of hydrogen-bond acceptors (Lipinski definition) is 5. The molecule has 0 aliphatic heterocycles. The number of rotatable bonds is 7. The molecule has 1 aliphatic rings. The topological polar surface area (TPSA) is 89.5 Å². The summed E-state index contributed by atoms with van der Waals surface area (Å²) in [5.41, 5.74) is 0.253. The van der Waals surface area contributed by atoms with Crippen LogP contribution in [0.15, 0.2) is 46.9 Å². The largest absolute Gasteiger partial charge is 0.461 e. The standard InChI is InChI=1S/C25H25ClF3NO5S/c1-13(12-35-15(3)31)8-16-5-4-14(2)24(16)36(33,34)22-9-17(6-7-19(22)26)25(32)30-18-10-20(27)23(29)21(28)11-18/h6-11,14,16,24H,4-5,12H2,1-3H3,(H,30,32)/b13-8+/t14?,16?,24-/m0/s1. The second-order valence-electron chi connectivity index (χ2n) is 8.87. The SMILES string of the molecule is CC(=O)OC/C(C)=C/C1CCC(C)[C@@H]1S(=O)(=O)c1cc(C(=O)Nc2cc(F)c(F)c(F)c2)ccc1Cl. The van der Waals surface area contributed by atoms with Crippen molar-refractivity contribution in [3.05, 3.63) is 70.0 Å². The van der Waals surface area contributed by atoms with E-state index in [1.807, 2.05) is 6.92 Å². The molecule has 0 aromatic heterocycles. The maximum atomic E-state index is 13.7. The minimum Gasteiger partial charge on any atom is -0.461 e. The molecule has 11 heteroatoms. The average Bonchev–Trinajstić information content (AvgIpc) is 3.16. The first-order chi connectivity index (χ1) is 16.8. The van der Waals surface area contributed by atoms with Gasteiger partial charge in [-0.25, -0.2) is 21.6 Å². The van der Waals surface area contributed by atoms with Crippen LogP contribution in [-0.2, 0) is 19.4 Å². The van der Waals surface area contributed by atoms with Gasteiger partial charge >= 0.3 is 5.97 Å². The van der Waals surface area contributed by atoms with Gasteiger partial charge in [-0.1, -0.05) is 24.6 Å². The zero-order chi connectivity index (χ0) is 26.8. The van der Waals surface area contributed by atoms with Gasteiger partial charge < -0.3 is 10.1 Å². The third-order valence-electron chi connectivity index (χ3n) is 6.04. The van der Waals surface area contributed by atoms with Gasteiger partial charge in [0.05, 0.1) is 15.2 Å². The Balaban J connectivity index is 1.91. The lowest BCUT2D eigenvalue weighted by atomic mass is 10.0. The van der Waals surface area contributed by atoms with E-state index >= 15 is 0 Å². The molecule has 1 amide bonds. The Labute approximate surface area is 212 Å². The molecule has 2 aromatic rings. The first kappa shape index (κ1) is 27.7. The molecule has 0 bridgehead atoms. The monoisotopic (exact) mass is 543 g/mol. The minimum absolute atomic E-state index is 0.0496. The molecule has 0 heterocycles. The molecule has 6 nitrogen and oxygen atoms in total. The van der Waals surface area contributed by atoms with Crippen LogP contribution in [-0.4, -0.2) is 32.2 Å². The molecule has 194 valence electrons. The van der Waals surface area contributed by atoms with Gasteiger partial charge in [0.15, 0.2) is 27.3 Å². The first-order valence-electron chi connectivity index (χ1n) is 11.1. The molecule has 3 rings (SSSR count). The van der Waals surface area contributed by atoms with Gasteiger partial charge in [0, 0.05) is 30.3 Å². The average molecular weight is 544 g/mol. The molecule has 3 atom stereocenters. The first-order valence-corrected chi connectivity index (χ1v) is 13.0. The molecule has 1 saturated carbocycles. The van der Waals surface area contributed by atoms with Crippen molar-refractivity contribution in [3.8, 4) is 0 Å². The molecule has 2 unspecified atom stereocenters. The summed E-state index contributed by atoms with van der Waals surface area (Å²) in [7, 11) is -4.03. The van der Waals surface area contributed by atoms with Gasteiger partial charge in [-0.05, 0) is 55.4 Å². The quantitative estimate of drug-likeness (QED) is 0.274. The molecule has 1 N–H and O–H groups in total. The van der Waals surface area contributed by atoms with Gasteiger partial charge in [-0.15, -0.1) is 0 Å². The van der Waals surface area contributed by atoms with Gasteiger partial charge in [0.2, 0.25) is 0 Å². The van der Waals surface area contributed by atoms with Crippen molar-refractivity contribution in [1.82, 2.24) is 0 Å². The Morgan fingerprint density at radius 1 is 1.11 bits per heavy atom. The number of allylic oxidation sites excluding steroid dienone is 1. The highest BCUT2D eigenvalue weighted by Crippen LogP contribution is 2.41. The fourth-order valence-corrected chi connectivity index (χ4v) is 7.18. The van der Waals surface area contributed by atoms with Crippen molar-refractivity contribution in [3.63, 3.8) is 0 Å². The Hall–Kier alpha value is -2.85. The number of anilines is 1. The molecular weight excluding hydrogens is 519 g/mol. The van der Waals surface area contributed by atoms with E-state index in [9.17, 15) is 31.2 Å². The Morgan fingerprint density at radius 3 is 2.36 bits per heavy atom. The van der Waals surface area contributed by atoms with E-state index in [4.69, 9.17) is 16.3 Å². The summed E-state index contributed by atoms with van der Waals surface area (Å²) in [5, 5.41) is 1.31. The van der Waals surface area contributed by atoms with Crippen molar-refractivity contribution in [1.29, 1.82) is 0 Å². The highest BCUT2D eigenvalue weighted by molar-refractivity contribution is 7.92. The Kier molecular flexibility index (Phi) is 8.51. The lowest BCUT2D eigenvalue weighted by Gasteiger charge is -2.23. The summed E-state index contributed by atoms with van der Waals surface area (Å²) in [4.78, 5) is 23.5. The van der Waals surface area contributed by atoms with E-state index in [-0.39, 0.29) is 39.6 Å². The van der Waals surface area contributed by atoms with Crippen LogP contribution < -0.4 is 5.32 Å². The van der Waals surface area contributed by atoms with Crippen LogP contribution in [0.25, 0.3) is 0 Å². The van der Waals surface area contributed by atoms with E-state index in [0.717, 1.165) is 6.07 Å². The van der Waals surface area contributed by atoms with E-state index < -0.39 is 44.4 Å². The Morgan fingerprint density at radius 2 is 1.75 bits per heavy atom. The van der Waals surface area contributed by atoms with Crippen molar-refractivity contribution in [2.45, 2.75) is 43.8 Å². The molecule has 36 heavy (non-hydrogen) atoms. The molecule has 2 aromatic carbocycles. The van der Waals surface area contributed by atoms with Crippen LogP contribution in [0.1, 0.15) is 44.0 Å². The van der Waals surface area contributed by atoms with Crippen molar-refractivity contribution in [2.24, 2.45) is 11.8 Å². The van der Waals surface area contributed by atoms with Crippen LogP contribution in [0.3, 0.4) is 0 Å². The summed E-state index contributed by atoms with van der Waals surface area (Å²) in [6.45, 7) is 4.90. The number of benzene rings is 2. The van der Waals surface area contributed by atoms with E-state index in [1.165, 1.54) is 19.1 Å². The number of ether oxygens (including phenoxy) is 1. The minimum atomic E-state index is -4.03. The second-order valence-corrected chi connectivity index (χ2v) is 11.4. The molecule has 1 fully saturated rings. The molecule has 1 aliphatic carbocycles. The van der Waals surface area contributed by atoms with Crippen LogP contribution in [0, 0.1) is 29.3 Å².